The third-order valence-electron chi connectivity index (χ3n) is 10.8. The first kappa shape index (κ1) is 39.1. The monoisotopic (exact) mass is 767 g/mol. The lowest BCUT2D eigenvalue weighted by Gasteiger charge is -2.31. The van der Waals surface area contributed by atoms with Gasteiger partial charge in [-0.3, -0.25) is 29.0 Å². The second kappa shape index (κ2) is 17.4. The van der Waals surface area contributed by atoms with Gasteiger partial charge in [-0.1, -0.05) is 60.7 Å². The largest absolute Gasteiger partial charge is 0.436 e. The molecule has 0 spiro atoms. The van der Waals surface area contributed by atoms with Crippen LogP contribution in [0, 0.1) is 0 Å². The Balaban J connectivity index is 0.951. The first-order valence-electron chi connectivity index (χ1n) is 19.4. The van der Waals surface area contributed by atoms with Gasteiger partial charge in [0.25, 0.3) is 0 Å². The van der Waals surface area contributed by atoms with Crippen molar-refractivity contribution in [3.8, 4) is 22.8 Å². The summed E-state index contributed by atoms with van der Waals surface area (Å²) in [6, 6.07) is 31.8. The van der Waals surface area contributed by atoms with Gasteiger partial charge in [0, 0.05) is 35.6 Å². The van der Waals surface area contributed by atoms with Crippen LogP contribution in [0.2, 0.25) is 0 Å². The van der Waals surface area contributed by atoms with Crippen LogP contribution in [0.4, 0.5) is 11.4 Å². The molecule has 4 atom stereocenters. The van der Waals surface area contributed by atoms with E-state index < -0.39 is 24.2 Å². The van der Waals surface area contributed by atoms with Gasteiger partial charge in [0.1, 0.15) is 24.2 Å². The summed E-state index contributed by atoms with van der Waals surface area (Å²) in [6.07, 6.45) is 4.37. The molecule has 0 saturated carbocycles. The van der Waals surface area contributed by atoms with Crippen LogP contribution in [0.5, 0.6) is 0 Å². The summed E-state index contributed by atoms with van der Waals surface area (Å²) in [6.45, 7) is 1.07. The fraction of sp³-hybridized carbons (Fsp3) is 0.311. The Morgan fingerprint density at radius 2 is 1.04 bits per heavy atom. The minimum Gasteiger partial charge on any atom is -0.436 e. The number of hydrogen-bond donors (Lipinski definition) is 2. The minimum atomic E-state index is -0.556. The molecule has 5 aromatic rings. The Labute approximate surface area is 333 Å². The molecule has 0 unspecified atom stereocenters. The van der Waals surface area contributed by atoms with Gasteiger partial charge in [-0.15, -0.1) is 0 Å². The number of hydrogen-bond acceptors (Lipinski definition) is 8. The fourth-order valence-electron chi connectivity index (χ4n) is 7.92. The van der Waals surface area contributed by atoms with E-state index in [1.807, 2.05) is 135 Å². The second-order valence-electron chi connectivity index (χ2n) is 15.1. The van der Waals surface area contributed by atoms with Crippen molar-refractivity contribution in [3.05, 3.63) is 127 Å². The number of carbonyl (C=O) groups is 4. The van der Waals surface area contributed by atoms with E-state index in [1.165, 1.54) is 0 Å². The smallest absolute Gasteiger partial charge is 0.247 e. The molecule has 12 heteroatoms. The first-order chi connectivity index (χ1) is 27.6. The highest BCUT2D eigenvalue weighted by atomic mass is 16.4. The summed E-state index contributed by atoms with van der Waals surface area (Å²) >= 11 is 0. The highest BCUT2D eigenvalue weighted by molar-refractivity contribution is 5.99. The summed E-state index contributed by atoms with van der Waals surface area (Å²) in [5, 5.41) is 6.00. The van der Waals surface area contributed by atoms with Crippen molar-refractivity contribution in [2.75, 3.05) is 51.9 Å². The average molecular weight is 768 g/mol. The molecule has 2 fully saturated rings. The zero-order valence-corrected chi connectivity index (χ0v) is 32.8. The number of aromatic nitrogens is 1. The van der Waals surface area contributed by atoms with Gasteiger partial charge in [-0.25, -0.2) is 4.98 Å². The number of oxazole rings is 1. The second-order valence-corrected chi connectivity index (χ2v) is 15.1. The molecule has 3 heterocycles. The molecule has 2 saturated heterocycles. The quantitative estimate of drug-likeness (QED) is 0.148. The van der Waals surface area contributed by atoms with Crippen LogP contribution in [0.15, 0.2) is 120 Å². The van der Waals surface area contributed by atoms with Gasteiger partial charge in [-0.2, -0.15) is 0 Å². The Morgan fingerprint density at radius 3 is 1.46 bits per heavy atom. The number of nitrogens with one attached hydrogen (secondary N) is 2. The van der Waals surface area contributed by atoms with Gasteiger partial charge in [-0.05, 0) is 114 Å². The van der Waals surface area contributed by atoms with E-state index in [9.17, 15) is 19.2 Å². The zero-order chi connectivity index (χ0) is 40.1. The van der Waals surface area contributed by atoms with Crippen molar-refractivity contribution < 1.29 is 23.6 Å². The third-order valence-corrected chi connectivity index (χ3v) is 10.8. The van der Waals surface area contributed by atoms with Crippen molar-refractivity contribution >= 4 is 35.0 Å². The summed E-state index contributed by atoms with van der Waals surface area (Å²) < 4.78 is 6.12. The number of anilines is 2. The van der Waals surface area contributed by atoms with Gasteiger partial charge in [0.15, 0.2) is 5.76 Å². The zero-order valence-electron chi connectivity index (χ0n) is 32.8. The van der Waals surface area contributed by atoms with E-state index in [2.05, 4.69) is 15.6 Å². The summed E-state index contributed by atoms with van der Waals surface area (Å²) in [5.74, 6) is 0.381. The number of likely N-dealkylation sites (N-methyl/N-ethyl adjacent to an activating group) is 2. The van der Waals surface area contributed by atoms with Crippen molar-refractivity contribution in [3.63, 3.8) is 0 Å². The summed E-state index contributed by atoms with van der Waals surface area (Å²) in [4.78, 5) is 66.1. The molecule has 57 heavy (non-hydrogen) atoms. The molecule has 294 valence electrons. The maximum Gasteiger partial charge on any atom is 0.247 e. The van der Waals surface area contributed by atoms with E-state index in [0.29, 0.717) is 49.0 Å². The number of benzene rings is 4. The number of carbonyl (C=O) groups excluding carboxylic acids is 4. The van der Waals surface area contributed by atoms with E-state index in [4.69, 9.17) is 4.42 Å². The number of amides is 4. The number of nitrogens with zero attached hydrogens (tertiary/aromatic N) is 5. The molecule has 7 rings (SSSR count). The van der Waals surface area contributed by atoms with E-state index in [1.54, 1.807) is 28.1 Å². The molecular formula is C45H49N7O5. The molecule has 2 aliphatic rings. The van der Waals surface area contributed by atoms with Gasteiger partial charge < -0.3 is 24.9 Å². The van der Waals surface area contributed by atoms with Crippen LogP contribution in [0.3, 0.4) is 0 Å². The van der Waals surface area contributed by atoms with E-state index in [-0.39, 0.29) is 23.6 Å². The Bertz CT molecular complexity index is 2020. The Morgan fingerprint density at radius 1 is 0.614 bits per heavy atom. The van der Waals surface area contributed by atoms with Crippen LogP contribution in [0.1, 0.15) is 48.9 Å². The third kappa shape index (κ3) is 8.67. The number of rotatable bonds is 12. The van der Waals surface area contributed by atoms with Gasteiger partial charge in [0.2, 0.25) is 29.5 Å². The number of likely N-dealkylation sites (tertiary alicyclic amines) is 2. The molecule has 2 N–H and O–H groups in total. The van der Waals surface area contributed by atoms with E-state index >= 15 is 0 Å². The van der Waals surface area contributed by atoms with Crippen LogP contribution < -0.4 is 10.6 Å². The lowest BCUT2D eigenvalue weighted by Crippen LogP contribution is -2.47. The maximum absolute atomic E-state index is 13.7. The normalized spacial score (nSPS) is 17.8. The van der Waals surface area contributed by atoms with Crippen molar-refractivity contribution in [2.24, 2.45) is 0 Å². The highest BCUT2D eigenvalue weighted by Gasteiger charge is 2.40. The van der Waals surface area contributed by atoms with E-state index in [0.717, 1.165) is 35.1 Å². The SMILES string of the molecule is CN(C)[C@@H](C(=O)N1CCC[C@H]1C(=O)Nc1ccc(-c2cnc(-c3ccc(NC(=O)[C@@H]4CCCN4C(=O)[C@@H](c4ccccc4)N(C)C)cc3)o2)cc1)c1ccccc1. The van der Waals surface area contributed by atoms with Crippen molar-refractivity contribution in [1.82, 2.24) is 24.6 Å². The first-order valence-corrected chi connectivity index (χ1v) is 19.4. The lowest BCUT2D eigenvalue weighted by atomic mass is 10.0. The van der Waals surface area contributed by atoms with Crippen molar-refractivity contribution in [2.45, 2.75) is 49.9 Å². The molecule has 12 nitrogen and oxygen atoms in total. The molecule has 0 radical (unpaired) electrons. The lowest BCUT2D eigenvalue weighted by molar-refractivity contribution is -0.141. The fourth-order valence-corrected chi connectivity index (χ4v) is 7.92. The Kier molecular flexibility index (Phi) is 11.9. The minimum absolute atomic E-state index is 0.0820. The molecule has 2 aliphatic heterocycles. The molecule has 4 amide bonds. The Hall–Kier alpha value is -6.11. The standard InChI is InChI=1S/C45H49N7O5/c1-49(2)39(31-13-7-5-8-14-31)44(55)51-27-11-17-36(51)41(53)47-34-23-19-30(20-24-34)38-29-46-43(57-38)33-21-25-35(26-22-33)48-42(54)37-18-12-28-52(37)45(56)40(50(3)4)32-15-9-6-10-16-32/h5-10,13-16,19-26,29,36-37,39-40H,11-12,17-18,27-28H2,1-4H3,(H,47,53)(H,48,54)/t36-,37-,39+,40+/m0/s1. The van der Waals surface area contributed by atoms with Crippen LogP contribution in [-0.4, -0.2) is 102 Å². The predicted octanol–water partition coefficient (Wildman–Crippen LogP) is 6.47. The van der Waals surface area contributed by atoms with Gasteiger partial charge >= 0.3 is 0 Å². The molecule has 1 aromatic heterocycles. The molecule has 0 bridgehead atoms. The van der Waals surface area contributed by atoms with Crippen LogP contribution in [-0.2, 0) is 19.2 Å². The summed E-state index contributed by atoms with van der Waals surface area (Å²) in [7, 11) is 7.51. The highest BCUT2D eigenvalue weighted by Crippen LogP contribution is 2.31. The predicted molar refractivity (Wildman–Crippen MR) is 220 cm³/mol. The van der Waals surface area contributed by atoms with Crippen LogP contribution in [0.25, 0.3) is 22.8 Å². The summed E-state index contributed by atoms with van der Waals surface area (Å²) in [5.41, 5.74) is 4.53. The van der Waals surface area contributed by atoms with Gasteiger partial charge in [0.05, 0.1) is 6.20 Å². The molecular weight excluding hydrogens is 719 g/mol. The van der Waals surface area contributed by atoms with Crippen molar-refractivity contribution in [1.29, 1.82) is 0 Å². The molecule has 0 aliphatic carbocycles. The molecule has 4 aromatic carbocycles. The topological polar surface area (TPSA) is 131 Å². The van der Waals surface area contributed by atoms with Crippen LogP contribution >= 0.6 is 0 Å². The average Bonchev–Trinajstić information content (AvgIpc) is 4.01. The maximum atomic E-state index is 13.7.